The molecule has 0 unspecified atom stereocenters. The molecule has 2 aromatic rings. The highest BCUT2D eigenvalue weighted by molar-refractivity contribution is 6.16. The van der Waals surface area contributed by atoms with Gasteiger partial charge in [-0.15, -0.1) is 11.6 Å². The van der Waals surface area contributed by atoms with Gasteiger partial charge in [0, 0.05) is 13.8 Å². The van der Waals surface area contributed by atoms with E-state index in [9.17, 15) is 9.59 Å². The lowest BCUT2D eigenvalue weighted by Crippen LogP contribution is -1.99. The maximum atomic E-state index is 10.8. The van der Waals surface area contributed by atoms with Crippen LogP contribution in [0.3, 0.4) is 0 Å². The summed E-state index contributed by atoms with van der Waals surface area (Å²) in [5.41, 5.74) is 2.14. The van der Waals surface area contributed by atoms with Crippen molar-refractivity contribution in [1.82, 2.24) is 9.97 Å². The highest BCUT2D eigenvalue weighted by Gasteiger charge is 2.01. The first-order chi connectivity index (χ1) is 10.5. The van der Waals surface area contributed by atoms with Crippen molar-refractivity contribution >= 4 is 23.2 Å². The number of aliphatic hydroxyl groups excluding tert-OH is 1. The molecule has 0 amide bonds. The van der Waals surface area contributed by atoms with E-state index in [2.05, 4.69) is 9.97 Å². The van der Waals surface area contributed by atoms with Gasteiger partial charge in [0.1, 0.15) is 11.4 Å². The van der Waals surface area contributed by atoms with Crippen LogP contribution < -0.4 is 0 Å². The Morgan fingerprint density at radius 1 is 0.955 bits per heavy atom. The summed E-state index contributed by atoms with van der Waals surface area (Å²) in [7, 11) is 0. The molecule has 0 aliphatic heterocycles. The summed E-state index contributed by atoms with van der Waals surface area (Å²) in [6, 6.07) is 10.3. The van der Waals surface area contributed by atoms with Crippen LogP contribution in [0.2, 0.25) is 0 Å². The average Bonchev–Trinajstić information content (AvgIpc) is 2.55. The third-order valence-electron chi connectivity index (χ3n) is 2.63. The number of hydrogen-bond donors (Lipinski definition) is 1. The monoisotopic (exact) mass is 320 g/mol. The molecule has 0 aromatic carbocycles. The number of rotatable bonds is 4. The molecule has 0 fully saturated rings. The van der Waals surface area contributed by atoms with E-state index in [0.717, 1.165) is 5.69 Å². The second kappa shape index (κ2) is 9.02. The number of hydrogen-bond acceptors (Lipinski definition) is 5. The smallest absolute Gasteiger partial charge is 0.178 e. The quantitative estimate of drug-likeness (QED) is 0.692. The molecule has 0 bridgehead atoms. The van der Waals surface area contributed by atoms with Crippen LogP contribution in [0.25, 0.3) is 0 Å². The van der Waals surface area contributed by atoms with Crippen LogP contribution >= 0.6 is 11.6 Å². The maximum Gasteiger partial charge on any atom is 0.178 e. The Balaban J connectivity index is 0.000000220. The zero-order chi connectivity index (χ0) is 16.5. The number of halogens is 1. The molecule has 0 spiro atoms. The normalized spacial score (nSPS) is 9.64. The second-order valence-corrected chi connectivity index (χ2v) is 4.70. The van der Waals surface area contributed by atoms with Gasteiger partial charge < -0.3 is 5.11 Å². The summed E-state index contributed by atoms with van der Waals surface area (Å²) < 4.78 is 0. The summed E-state index contributed by atoms with van der Waals surface area (Å²) in [5.74, 6) is 0.235. The Morgan fingerprint density at radius 2 is 1.41 bits per heavy atom. The van der Waals surface area contributed by atoms with Crippen LogP contribution in [0.4, 0.5) is 0 Å². The predicted molar refractivity (Wildman–Crippen MR) is 84.0 cm³/mol. The maximum absolute atomic E-state index is 10.8. The highest BCUT2D eigenvalue weighted by atomic mass is 35.5. The lowest BCUT2D eigenvalue weighted by atomic mass is 10.2. The van der Waals surface area contributed by atoms with E-state index in [4.69, 9.17) is 16.7 Å². The first-order valence-corrected chi connectivity index (χ1v) is 7.12. The largest absolute Gasteiger partial charge is 0.390 e. The van der Waals surface area contributed by atoms with Gasteiger partial charge in [0.05, 0.1) is 23.9 Å². The number of ketones is 2. The van der Waals surface area contributed by atoms with E-state index in [-0.39, 0.29) is 18.2 Å². The van der Waals surface area contributed by atoms with Crippen molar-refractivity contribution in [2.45, 2.75) is 26.3 Å². The van der Waals surface area contributed by atoms with Crippen LogP contribution in [-0.2, 0) is 12.5 Å². The standard InChI is InChI=1S/C8H8ClNO.C8H9NO2/c1-6(11)8-4-2-3-7(5-9)10-8;1-6(11)8-4-2-3-7(5-10)9-8/h2-4H,5H2,1H3;2-4,10H,5H2,1H3. The molecule has 0 aliphatic rings. The molecule has 0 saturated carbocycles. The van der Waals surface area contributed by atoms with Crippen molar-refractivity contribution in [1.29, 1.82) is 0 Å². The fourth-order valence-corrected chi connectivity index (χ4v) is 1.66. The number of alkyl halides is 1. The number of nitrogens with zero attached hydrogens (tertiary/aromatic N) is 2. The lowest BCUT2D eigenvalue weighted by molar-refractivity contribution is 0.1000. The molecular weight excluding hydrogens is 304 g/mol. The van der Waals surface area contributed by atoms with Crippen LogP contribution in [0.15, 0.2) is 36.4 Å². The van der Waals surface area contributed by atoms with Crippen molar-refractivity contribution in [3.8, 4) is 0 Å². The summed E-state index contributed by atoms with van der Waals surface area (Å²) in [5, 5.41) is 8.67. The minimum Gasteiger partial charge on any atom is -0.390 e. The predicted octanol–water partition coefficient (Wildman–Crippen LogP) is 2.80. The molecule has 5 nitrogen and oxygen atoms in total. The Kier molecular flexibility index (Phi) is 7.36. The Hall–Kier alpha value is -2.11. The molecule has 116 valence electrons. The zero-order valence-corrected chi connectivity index (χ0v) is 13.2. The molecule has 0 atom stereocenters. The summed E-state index contributed by atoms with van der Waals surface area (Å²) in [6.45, 7) is 2.81. The van der Waals surface area contributed by atoms with E-state index < -0.39 is 0 Å². The third-order valence-corrected chi connectivity index (χ3v) is 2.91. The highest BCUT2D eigenvalue weighted by Crippen LogP contribution is 2.02. The van der Waals surface area contributed by atoms with Crippen LogP contribution in [0.5, 0.6) is 0 Å². The van der Waals surface area contributed by atoms with Gasteiger partial charge in [-0.2, -0.15) is 0 Å². The van der Waals surface area contributed by atoms with Crippen molar-refractivity contribution < 1.29 is 14.7 Å². The minimum atomic E-state index is -0.124. The SMILES string of the molecule is CC(=O)c1cccc(CCl)n1.CC(=O)c1cccc(CO)n1. The van der Waals surface area contributed by atoms with Crippen molar-refractivity contribution in [3.05, 3.63) is 59.2 Å². The first-order valence-electron chi connectivity index (χ1n) is 6.58. The molecule has 2 heterocycles. The molecular formula is C16H17ClN2O3. The van der Waals surface area contributed by atoms with Crippen molar-refractivity contribution in [3.63, 3.8) is 0 Å². The van der Waals surface area contributed by atoms with Crippen LogP contribution in [0.1, 0.15) is 46.2 Å². The molecule has 1 N–H and O–H groups in total. The Bertz CT molecular complexity index is 602. The van der Waals surface area contributed by atoms with Crippen LogP contribution in [0, 0.1) is 0 Å². The Morgan fingerprint density at radius 3 is 1.82 bits per heavy atom. The molecule has 2 rings (SSSR count). The number of Topliss-reactive ketones (excluding diaryl/α,β-unsaturated/α-hetero) is 2. The fourth-order valence-electron chi connectivity index (χ4n) is 1.51. The van der Waals surface area contributed by atoms with E-state index in [0.29, 0.717) is 23.0 Å². The van der Waals surface area contributed by atoms with E-state index in [1.165, 1.54) is 13.8 Å². The van der Waals surface area contributed by atoms with Gasteiger partial charge in [-0.3, -0.25) is 9.59 Å². The van der Waals surface area contributed by atoms with Crippen molar-refractivity contribution in [2.24, 2.45) is 0 Å². The van der Waals surface area contributed by atoms with E-state index >= 15 is 0 Å². The van der Waals surface area contributed by atoms with Gasteiger partial charge in [-0.1, -0.05) is 12.1 Å². The number of carbonyl (C=O) groups excluding carboxylic acids is 2. The molecule has 0 aliphatic carbocycles. The number of aromatic nitrogens is 2. The Labute approximate surface area is 134 Å². The fraction of sp³-hybridized carbons (Fsp3) is 0.250. The topological polar surface area (TPSA) is 80.2 Å². The zero-order valence-electron chi connectivity index (χ0n) is 12.4. The molecule has 6 heteroatoms. The van der Waals surface area contributed by atoms with Crippen molar-refractivity contribution in [2.75, 3.05) is 0 Å². The van der Waals surface area contributed by atoms with Gasteiger partial charge in [0.15, 0.2) is 11.6 Å². The first kappa shape index (κ1) is 17.9. The average molecular weight is 321 g/mol. The molecule has 0 saturated heterocycles. The summed E-state index contributed by atoms with van der Waals surface area (Å²) in [6.07, 6.45) is 0. The molecule has 22 heavy (non-hydrogen) atoms. The summed E-state index contributed by atoms with van der Waals surface area (Å²) in [4.78, 5) is 29.5. The van der Waals surface area contributed by atoms with Gasteiger partial charge >= 0.3 is 0 Å². The van der Waals surface area contributed by atoms with Gasteiger partial charge in [-0.25, -0.2) is 9.97 Å². The second-order valence-electron chi connectivity index (χ2n) is 4.43. The van der Waals surface area contributed by atoms with E-state index in [1.807, 2.05) is 0 Å². The summed E-state index contributed by atoms with van der Waals surface area (Å²) >= 11 is 5.53. The van der Waals surface area contributed by atoms with Gasteiger partial charge in [-0.05, 0) is 24.3 Å². The third kappa shape index (κ3) is 5.71. The number of aliphatic hydroxyl groups is 1. The minimum absolute atomic E-state index is 0.0306. The van der Waals surface area contributed by atoms with Gasteiger partial charge in [0.2, 0.25) is 0 Å². The molecule has 2 aromatic heterocycles. The lowest BCUT2D eigenvalue weighted by Gasteiger charge is -1.96. The number of pyridine rings is 2. The van der Waals surface area contributed by atoms with Crippen LogP contribution in [-0.4, -0.2) is 26.6 Å². The van der Waals surface area contributed by atoms with Gasteiger partial charge in [0.25, 0.3) is 0 Å². The van der Waals surface area contributed by atoms with E-state index in [1.54, 1.807) is 36.4 Å². The number of carbonyl (C=O) groups is 2. The molecule has 0 radical (unpaired) electrons.